The van der Waals surface area contributed by atoms with Crippen molar-refractivity contribution in [1.82, 2.24) is 5.32 Å². The van der Waals surface area contributed by atoms with Crippen molar-refractivity contribution in [2.75, 3.05) is 19.8 Å². The third-order valence-corrected chi connectivity index (χ3v) is 4.00. The van der Waals surface area contributed by atoms with Crippen molar-refractivity contribution in [3.8, 4) is 0 Å². The molecule has 0 spiro atoms. The van der Waals surface area contributed by atoms with Crippen LogP contribution in [0.25, 0.3) is 0 Å². The van der Waals surface area contributed by atoms with Gasteiger partial charge < -0.3 is 10.1 Å². The van der Waals surface area contributed by atoms with E-state index >= 15 is 0 Å². The molecule has 1 fully saturated rings. The Labute approximate surface area is 121 Å². The van der Waals surface area contributed by atoms with E-state index in [0.717, 1.165) is 51.0 Å². The van der Waals surface area contributed by atoms with E-state index in [9.17, 15) is 4.39 Å². The van der Waals surface area contributed by atoms with Crippen LogP contribution in [0.5, 0.6) is 0 Å². The van der Waals surface area contributed by atoms with Gasteiger partial charge in [-0.2, -0.15) is 0 Å². The van der Waals surface area contributed by atoms with Crippen LogP contribution >= 0.6 is 0 Å². The third kappa shape index (κ3) is 4.88. The predicted octanol–water partition coefficient (Wildman–Crippen LogP) is 3.87. The van der Waals surface area contributed by atoms with Gasteiger partial charge >= 0.3 is 0 Å². The Morgan fingerprint density at radius 3 is 2.80 bits per heavy atom. The Morgan fingerprint density at radius 2 is 2.05 bits per heavy atom. The Bertz CT molecular complexity index is 390. The zero-order valence-corrected chi connectivity index (χ0v) is 12.4. The lowest BCUT2D eigenvalue weighted by Gasteiger charge is -2.36. The van der Waals surface area contributed by atoms with Gasteiger partial charge in [0.25, 0.3) is 0 Å². The molecule has 1 aliphatic carbocycles. The standard InChI is InChI=1S/C17H26FNO/c1-2-3-9-20-10-5-8-19-17-12-15(13-17)14-6-4-7-16(18)11-14/h4,6-7,11,15,17,19H,2-3,5,8-10,12-13H2,1H3. The van der Waals surface area contributed by atoms with Crippen molar-refractivity contribution in [3.05, 3.63) is 35.6 Å². The lowest BCUT2D eigenvalue weighted by Crippen LogP contribution is -2.40. The molecular formula is C17H26FNO. The smallest absolute Gasteiger partial charge is 0.123 e. The van der Waals surface area contributed by atoms with Crippen LogP contribution in [0.1, 0.15) is 50.5 Å². The molecule has 1 aromatic rings. The van der Waals surface area contributed by atoms with Crippen molar-refractivity contribution >= 4 is 0 Å². The van der Waals surface area contributed by atoms with Gasteiger partial charge in [0.05, 0.1) is 0 Å². The molecule has 0 heterocycles. The Kier molecular flexibility index (Phi) is 6.48. The molecule has 1 aromatic carbocycles. The largest absolute Gasteiger partial charge is 0.381 e. The van der Waals surface area contributed by atoms with E-state index in [2.05, 4.69) is 12.2 Å². The second kappa shape index (κ2) is 8.38. The molecule has 3 heteroatoms. The summed E-state index contributed by atoms with van der Waals surface area (Å²) in [6.45, 7) is 4.94. The minimum atomic E-state index is -0.122. The maximum atomic E-state index is 13.1. The molecule has 0 aromatic heterocycles. The molecule has 2 rings (SSSR count). The first-order chi connectivity index (χ1) is 9.79. The van der Waals surface area contributed by atoms with Gasteiger partial charge in [0.1, 0.15) is 5.82 Å². The maximum absolute atomic E-state index is 13.1. The molecule has 1 saturated carbocycles. The summed E-state index contributed by atoms with van der Waals surface area (Å²) in [7, 11) is 0. The molecule has 0 radical (unpaired) electrons. The van der Waals surface area contributed by atoms with Gasteiger partial charge in [-0.15, -0.1) is 0 Å². The van der Waals surface area contributed by atoms with Gasteiger partial charge in [-0.1, -0.05) is 25.5 Å². The highest BCUT2D eigenvalue weighted by atomic mass is 19.1. The van der Waals surface area contributed by atoms with E-state index in [4.69, 9.17) is 4.74 Å². The van der Waals surface area contributed by atoms with Crippen LogP contribution in [0.3, 0.4) is 0 Å². The van der Waals surface area contributed by atoms with Gasteiger partial charge in [0.15, 0.2) is 0 Å². The number of benzene rings is 1. The fourth-order valence-corrected chi connectivity index (χ4v) is 2.65. The van der Waals surface area contributed by atoms with Gasteiger partial charge in [-0.25, -0.2) is 4.39 Å². The summed E-state index contributed by atoms with van der Waals surface area (Å²) in [5, 5.41) is 3.55. The molecule has 20 heavy (non-hydrogen) atoms. The van der Waals surface area contributed by atoms with E-state index in [1.165, 1.54) is 12.5 Å². The summed E-state index contributed by atoms with van der Waals surface area (Å²) in [6.07, 6.45) is 5.68. The number of hydrogen-bond acceptors (Lipinski definition) is 2. The first-order valence-corrected chi connectivity index (χ1v) is 7.86. The van der Waals surface area contributed by atoms with Gasteiger partial charge in [-0.05, 0) is 55.8 Å². The van der Waals surface area contributed by atoms with Crippen LogP contribution in [-0.2, 0) is 4.74 Å². The first kappa shape index (κ1) is 15.5. The molecule has 2 nitrogen and oxygen atoms in total. The van der Waals surface area contributed by atoms with E-state index in [0.29, 0.717) is 12.0 Å². The summed E-state index contributed by atoms with van der Waals surface area (Å²) in [4.78, 5) is 0. The number of halogens is 1. The molecule has 0 aliphatic heterocycles. The highest BCUT2D eigenvalue weighted by molar-refractivity contribution is 5.23. The van der Waals surface area contributed by atoms with E-state index in [-0.39, 0.29) is 5.82 Å². The van der Waals surface area contributed by atoms with Crippen molar-refractivity contribution < 1.29 is 9.13 Å². The lowest BCUT2D eigenvalue weighted by atomic mass is 9.76. The summed E-state index contributed by atoms with van der Waals surface area (Å²) in [5.74, 6) is 0.409. The SMILES string of the molecule is CCCCOCCCNC1CC(c2cccc(F)c2)C1. The Balaban J connectivity index is 1.52. The quantitative estimate of drug-likeness (QED) is 0.693. The fraction of sp³-hybridized carbons (Fsp3) is 0.647. The zero-order chi connectivity index (χ0) is 14.2. The summed E-state index contributed by atoms with van der Waals surface area (Å²) in [6, 6.07) is 7.61. The predicted molar refractivity (Wildman–Crippen MR) is 80.5 cm³/mol. The summed E-state index contributed by atoms with van der Waals surface area (Å²) >= 11 is 0. The molecule has 0 amide bonds. The molecule has 1 aliphatic rings. The summed E-state index contributed by atoms with van der Waals surface area (Å²) < 4.78 is 18.7. The molecule has 1 N–H and O–H groups in total. The zero-order valence-electron chi connectivity index (χ0n) is 12.4. The number of nitrogens with one attached hydrogen (secondary N) is 1. The minimum absolute atomic E-state index is 0.122. The molecular weight excluding hydrogens is 253 g/mol. The van der Waals surface area contributed by atoms with Crippen LogP contribution in [0.4, 0.5) is 4.39 Å². The van der Waals surface area contributed by atoms with Crippen LogP contribution in [-0.4, -0.2) is 25.8 Å². The van der Waals surface area contributed by atoms with Crippen LogP contribution in [0.15, 0.2) is 24.3 Å². The van der Waals surface area contributed by atoms with Crippen LogP contribution in [0.2, 0.25) is 0 Å². The van der Waals surface area contributed by atoms with E-state index in [1.807, 2.05) is 6.07 Å². The normalized spacial score (nSPS) is 21.7. The number of rotatable bonds is 9. The molecule has 112 valence electrons. The lowest BCUT2D eigenvalue weighted by molar-refractivity contribution is 0.127. The van der Waals surface area contributed by atoms with Crippen molar-refractivity contribution in [2.45, 2.75) is 51.0 Å². The van der Waals surface area contributed by atoms with Crippen LogP contribution < -0.4 is 5.32 Å². The highest BCUT2D eigenvalue weighted by Gasteiger charge is 2.29. The summed E-state index contributed by atoms with van der Waals surface area (Å²) in [5.41, 5.74) is 1.14. The Hall–Kier alpha value is -0.930. The number of ether oxygens (including phenoxy) is 1. The molecule has 0 unspecified atom stereocenters. The second-order valence-electron chi connectivity index (χ2n) is 5.69. The van der Waals surface area contributed by atoms with Crippen LogP contribution in [0, 0.1) is 5.82 Å². The molecule has 0 atom stereocenters. The van der Waals surface area contributed by atoms with Gasteiger partial charge in [0.2, 0.25) is 0 Å². The maximum Gasteiger partial charge on any atom is 0.123 e. The second-order valence-corrected chi connectivity index (χ2v) is 5.69. The first-order valence-electron chi connectivity index (χ1n) is 7.86. The minimum Gasteiger partial charge on any atom is -0.381 e. The number of unbranched alkanes of at least 4 members (excludes halogenated alkanes) is 1. The van der Waals surface area contributed by atoms with E-state index in [1.54, 1.807) is 12.1 Å². The highest BCUT2D eigenvalue weighted by Crippen LogP contribution is 2.36. The van der Waals surface area contributed by atoms with Gasteiger partial charge in [0, 0.05) is 19.3 Å². The van der Waals surface area contributed by atoms with Crippen molar-refractivity contribution in [1.29, 1.82) is 0 Å². The molecule has 0 bridgehead atoms. The molecule has 0 saturated heterocycles. The van der Waals surface area contributed by atoms with Gasteiger partial charge in [-0.3, -0.25) is 0 Å². The average Bonchev–Trinajstić information content (AvgIpc) is 2.39. The van der Waals surface area contributed by atoms with Crippen molar-refractivity contribution in [3.63, 3.8) is 0 Å². The average molecular weight is 279 g/mol. The van der Waals surface area contributed by atoms with Crippen molar-refractivity contribution in [2.24, 2.45) is 0 Å². The monoisotopic (exact) mass is 279 g/mol. The topological polar surface area (TPSA) is 21.3 Å². The number of hydrogen-bond donors (Lipinski definition) is 1. The fourth-order valence-electron chi connectivity index (χ4n) is 2.65. The Morgan fingerprint density at radius 1 is 1.25 bits per heavy atom. The van der Waals surface area contributed by atoms with E-state index < -0.39 is 0 Å². The third-order valence-electron chi connectivity index (χ3n) is 4.00.